The summed E-state index contributed by atoms with van der Waals surface area (Å²) in [5.41, 5.74) is 0. The Morgan fingerprint density at radius 1 is 0.262 bits per heavy atom. The van der Waals surface area contributed by atoms with E-state index < -0.39 is 97.5 Å². The fraction of sp³-hybridized carbons (Fsp3) is 0.952. The van der Waals surface area contributed by atoms with Gasteiger partial charge in [0.25, 0.3) is 0 Å². The number of rotatable bonds is 83. The summed E-state index contributed by atoms with van der Waals surface area (Å²) in [4.78, 5) is 73.1. The predicted octanol–water partition coefficient (Wildman–Crippen LogP) is 25.5. The largest absolute Gasteiger partial charge is 0.472 e. The molecule has 0 aliphatic heterocycles. The summed E-state index contributed by atoms with van der Waals surface area (Å²) in [5, 5.41) is 10.7. The van der Waals surface area contributed by atoms with E-state index in [-0.39, 0.29) is 25.7 Å². The van der Waals surface area contributed by atoms with Gasteiger partial charge in [-0.2, -0.15) is 0 Å². The molecule has 0 heterocycles. The van der Waals surface area contributed by atoms with Gasteiger partial charge in [0.15, 0.2) is 12.2 Å². The minimum Gasteiger partial charge on any atom is -0.462 e. The molecule has 0 fully saturated rings. The first-order chi connectivity index (χ1) is 49.9. The average molecular weight is 1510 g/mol. The number of hydrogen-bond donors (Lipinski definition) is 3. The first-order valence-corrected chi connectivity index (χ1v) is 46.5. The van der Waals surface area contributed by atoms with Crippen LogP contribution in [0.5, 0.6) is 0 Å². The maximum atomic E-state index is 13.1. The number of aliphatic hydroxyl groups is 1. The molecular weight excluding hydrogens is 1340 g/mol. The summed E-state index contributed by atoms with van der Waals surface area (Å²) in [6, 6.07) is 0. The van der Waals surface area contributed by atoms with E-state index in [9.17, 15) is 43.2 Å². The molecule has 0 aromatic rings. The van der Waals surface area contributed by atoms with Crippen molar-refractivity contribution in [3.05, 3.63) is 0 Å². The summed E-state index contributed by atoms with van der Waals surface area (Å²) in [7, 11) is -9.92. The maximum absolute atomic E-state index is 13.1. The van der Waals surface area contributed by atoms with Crippen LogP contribution in [0.2, 0.25) is 0 Å². The molecule has 612 valence electrons. The Kier molecular flexibility index (Phi) is 74.1. The van der Waals surface area contributed by atoms with Crippen LogP contribution in [0.1, 0.15) is 446 Å². The number of carbonyl (C=O) groups excluding carboxylic acids is 4. The Balaban J connectivity index is 5.21. The predicted molar refractivity (Wildman–Crippen MR) is 423 cm³/mol. The molecule has 2 unspecified atom stereocenters. The summed E-state index contributed by atoms with van der Waals surface area (Å²) in [6.07, 6.45) is 66.9. The van der Waals surface area contributed by atoms with Crippen molar-refractivity contribution in [1.29, 1.82) is 0 Å². The van der Waals surface area contributed by atoms with Crippen molar-refractivity contribution in [3.8, 4) is 0 Å². The smallest absolute Gasteiger partial charge is 0.462 e. The van der Waals surface area contributed by atoms with Gasteiger partial charge in [0.1, 0.15) is 19.3 Å². The minimum absolute atomic E-state index is 0.106. The normalized spacial score (nSPS) is 13.9. The van der Waals surface area contributed by atoms with Crippen LogP contribution in [-0.2, 0) is 65.4 Å². The molecule has 3 N–H and O–H groups in total. The molecule has 19 heteroatoms. The van der Waals surface area contributed by atoms with Gasteiger partial charge in [0.2, 0.25) is 0 Å². The lowest BCUT2D eigenvalue weighted by atomic mass is 10.0. The number of carbonyl (C=O) groups is 4. The summed E-state index contributed by atoms with van der Waals surface area (Å²) in [5.74, 6) is -0.652. The second-order valence-electron chi connectivity index (χ2n) is 31.2. The van der Waals surface area contributed by atoms with Gasteiger partial charge in [-0.25, -0.2) is 9.13 Å². The number of aliphatic hydroxyl groups excluding tert-OH is 1. The van der Waals surface area contributed by atoms with Gasteiger partial charge in [0.05, 0.1) is 26.4 Å². The Morgan fingerprint density at radius 3 is 0.660 bits per heavy atom. The fourth-order valence-corrected chi connectivity index (χ4v) is 14.6. The van der Waals surface area contributed by atoms with Crippen molar-refractivity contribution >= 4 is 39.5 Å². The third-order valence-electron chi connectivity index (χ3n) is 19.7. The van der Waals surface area contributed by atoms with Crippen molar-refractivity contribution in [1.82, 2.24) is 0 Å². The van der Waals surface area contributed by atoms with E-state index in [0.29, 0.717) is 31.6 Å². The van der Waals surface area contributed by atoms with E-state index in [2.05, 4.69) is 41.5 Å². The van der Waals surface area contributed by atoms with E-state index in [1.807, 2.05) is 0 Å². The van der Waals surface area contributed by atoms with Crippen LogP contribution >= 0.6 is 15.6 Å². The van der Waals surface area contributed by atoms with Gasteiger partial charge in [-0.1, -0.05) is 395 Å². The van der Waals surface area contributed by atoms with Crippen LogP contribution in [0.25, 0.3) is 0 Å². The van der Waals surface area contributed by atoms with Gasteiger partial charge in [-0.3, -0.25) is 37.3 Å². The zero-order valence-corrected chi connectivity index (χ0v) is 69.4. The molecule has 103 heavy (non-hydrogen) atoms. The Hall–Kier alpha value is -1.94. The maximum Gasteiger partial charge on any atom is 0.472 e. The van der Waals surface area contributed by atoms with Gasteiger partial charge < -0.3 is 33.8 Å². The number of esters is 4. The first-order valence-electron chi connectivity index (χ1n) is 43.5. The molecule has 0 amide bonds. The second kappa shape index (κ2) is 75.5. The Bertz CT molecular complexity index is 1980. The Morgan fingerprint density at radius 2 is 0.447 bits per heavy atom. The molecule has 0 rings (SSSR count). The quantitative estimate of drug-likeness (QED) is 0.0222. The van der Waals surface area contributed by atoms with Crippen LogP contribution in [0.3, 0.4) is 0 Å². The molecular formula is C84H164O17P2. The van der Waals surface area contributed by atoms with Crippen molar-refractivity contribution in [3.63, 3.8) is 0 Å². The van der Waals surface area contributed by atoms with Crippen molar-refractivity contribution < 1.29 is 80.2 Å². The molecule has 0 aliphatic carbocycles. The lowest BCUT2D eigenvalue weighted by Crippen LogP contribution is -2.30. The highest BCUT2D eigenvalue weighted by Gasteiger charge is 2.30. The molecule has 0 spiro atoms. The van der Waals surface area contributed by atoms with Gasteiger partial charge in [-0.05, 0) is 37.5 Å². The topological polar surface area (TPSA) is 237 Å². The van der Waals surface area contributed by atoms with Crippen molar-refractivity contribution in [2.75, 3.05) is 39.6 Å². The highest BCUT2D eigenvalue weighted by atomic mass is 31.2. The number of hydrogen-bond acceptors (Lipinski definition) is 15. The molecule has 0 bridgehead atoms. The average Bonchev–Trinajstić information content (AvgIpc) is 0.913. The highest BCUT2D eigenvalue weighted by Crippen LogP contribution is 2.45. The van der Waals surface area contributed by atoms with Crippen molar-refractivity contribution in [2.45, 2.75) is 464 Å². The third-order valence-corrected chi connectivity index (χ3v) is 21.6. The number of phosphoric ester groups is 2. The molecule has 5 atom stereocenters. The molecule has 0 aromatic heterocycles. The SMILES string of the molecule is CCCCCCCCCCCCCCCCCCCCCCC(=O)O[C@H](COC(=O)CCCCCCCCCCCCCCCCCCCCC)COP(=O)(O)OC[C@@H](O)COP(=O)(O)OC[C@@H](COC(=O)CCCCCCCCC(C)C)OC(=O)CCCCCCCCCCCCCCC(C)C. The van der Waals surface area contributed by atoms with Gasteiger partial charge in [0, 0.05) is 25.7 Å². The standard InChI is InChI=1S/C84H164O17P2/c1-7-9-11-13-15-17-19-21-23-25-27-29-31-33-35-40-44-48-56-62-68-83(88)100-79(72-94-81(86)66-60-54-47-43-39-34-32-30-28-26-24-22-20-18-16-14-12-10-8-2)74-98-102(90,91)96-70-78(85)71-97-103(92,93)99-75-80(73-95-82(87)67-61-55-51-50-53-59-65-77(5)6)101-84(89)69-63-57-49-45-41-37-36-38-42-46-52-58-64-76(3)4/h76-80,85H,7-75H2,1-6H3,(H,90,91)(H,92,93)/t78-,79-,80-/m1/s1. The molecule has 0 aromatic carbocycles. The zero-order valence-electron chi connectivity index (χ0n) is 67.6. The van der Waals surface area contributed by atoms with Crippen LogP contribution in [0.4, 0.5) is 0 Å². The second-order valence-corrected chi connectivity index (χ2v) is 34.1. The number of phosphoric acid groups is 2. The van der Waals surface area contributed by atoms with Crippen LogP contribution in [0, 0.1) is 11.8 Å². The van der Waals surface area contributed by atoms with Crippen LogP contribution in [-0.4, -0.2) is 96.7 Å². The summed E-state index contributed by atoms with van der Waals surface area (Å²) in [6.45, 7) is 9.58. The molecule has 0 saturated carbocycles. The summed E-state index contributed by atoms with van der Waals surface area (Å²) < 4.78 is 68.8. The minimum atomic E-state index is -4.96. The zero-order chi connectivity index (χ0) is 75.6. The van der Waals surface area contributed by atoms with E-state index in [1.54, 1.807) is 0 Å². The highest BCUT2D eigenvalue weighted by molar-refractivity contribution is 7.47. The lowest BCUT2D eigenvalue weighted by Gasteiger charge is -2.21. The molecule has 0 aliphatic rings. The molecule has 0 radical (unpaired) electrons. The van der Waals surface area contributed by atoms with Crippen LogP contribution < -0.4 is 0 Å². The lowest BCUT2D eigenvalue weighted by molar-refractivity contribution is -0.161. The van der Waals surface area contributed by atoms with Gasteiger partial charge >= 0.3 is 39.5 Å². The fourth-order valence-electron chi connectivity index (χ4n) is 13.1. The van der Waals surface area contributed by atoms with E-state index in [0.717, 1.165) is 102 Å². The first kappa shape index (κ1) is 101. The third kappa shape index (κ3) is 78.0. The number of ether oxygens (including phenoxy) is 4. The van der Waals surface area contributed by atoms with Gasteiger partial charge in [-0.15, -0.1) is 0 Å². The van der Waals surface area contributed by atoms with E-state index in [1.165, 1.54) is 257 Å². The molecule has 17 nitrogen and oxygen atoms in total. The molecule has 0 saturated heterocycles. The van der Waals surface area contributed by atoms with Crippen LogP contribution in [0.15, 0.2) is 0 Å². The van der Waals surface area contributed by atoms with E-state index >= 15 is 0 Å². The van der Waals surface area contributed by atoms with Crippen molar-refractivity contribution in [2.24, 2.45) is 11.8 Å². The van der Waals surface area contributed by atoms with E-state index in [4.69, 9.17) is 37.0 Å². The Labute approximate surface area is 632 Å². The summed E-state index contributed by atoms with van der Waals surface area (Å²) >= 11 is 0. The number of unbranched alkanes of at least 4 members (excludes halogenated alkanes) is 53. The monoisotopic (exact) mass is 1510 g/mol.